The first-order valence-electron chi connectivity index (χ1n) is 7.52. The Bertz CT molecular complexity index is 760. The Kier molecular flexibility index (Phi) is 4.01. The molecule has 3 amide bonds. The second-order valence-electron chi connectivity index (χ2n) is 6.08. The van der Waals surface area contributed by atoms with Gasteiger partial charge in [0.2, 0.25) is 5.91 Å². The van der Waals surface area contributed by atoms with Crippen LogP contribution in [-0.4, -0.2) is 37.9 Å². The van der Waals surface area contributed by atoms with Gasteiger partial charge in [0.1, 0.15) is 0 Å². The Morgan fingerprint density at radius 2 is 2.17 bits per heavy atom. The Balaban J connectivity index is 1.59. The van der Waals surface area contributed by atoms with Crippen molar-refractivity contribution in [2.24, 2.45) is 0 Å². The number of benzene rings is 1. The summed E-state index contributed by atoms with van der Waals surface area (Å²) >= 11 is 0. The fourth-order valence-electron chi connectivity index (χ4n) is 2.93. The molecule has 7 nitrogen and oxygen atoms in total. The van der Waals surface area contributed by atoms with Crippen LogP contribution in [0.4, 0.5) is 10.5 Å². The second kappa shape index (κ2) is 5.84. The minimum atomic E-state index is -3.02. The van der Waals surface area contributed by atoms with Gasteiger partial charge in [-0.05, 0) is 30.5 Å². The molecular formula is C15H19N3O4S. The van der Waals surface area contributed by atoms with Crippen molar-refractivity contribution in [1.82, 2.24) is 10.6 Å². The number of fused-ring (bicyclic) bond motifs is 1. The molecule has 0 saturated carbocycles. The monoisotopic (exact) mass is 337 g/mol. The minimum absolute atomic E-state index is 0.00142. The van der Waals surface area contributed by atoms with Crippen LogP contribution in [0.2, 0.25) is 0 Å². The van der Waals surface area contributed by atoms with E-state index in [4.69, 9.17) is 0 Å². The number of amides is 3. The van der Waals surface area contributed by atoms with Gasteiger partial charge in [-0.3, -0.25) is 4.79 Å². The highest BCUT2D eigenvalue weighted by molar-refractivity contribution is 7.91. The SMILES string of the molecule is C[C@@H](NC(=O)N[C@@H]1CCS(=O)(=O)C1)c1ccc2c(c1)CC(=O)N2. The summed E-state index contributed by atoms with van der Waals surface area (Å²) in [5.74, 6) is 0.0961. The third-order valence-corrected chi connectivity index (χ3v) is 5.94. The maximum Gasteiger partial charge on any atom is 0.315 e. The molecule has 0 unspecified atom stereocenters. The molecule has 0 radical (unpaired) electrons. The minimum Gasteiger partial charge on any atom is -0.334 e. The molecule has 1 fully saturated rings. The zero-order valence-electron chi connectivity index (χ0n) is 12.8. The van der Waals surface area contributed by atoms with Crippen molar-refractivity contribution < 1.29 is 18.0 Å². The summed E-state index contributed by atoms with van der Waals surface area (Å²) < 4.78 is 22.8. The van der Waals surface area contributed by atoms with Gasteiger partial charge in [0.15, 0.2) is 9.84 Å². The van der Waals surface area contributed by atoms with E-state index in [1.54, 1.807) is 0 Å². The molecule has 124 valence electrons. The average molecular weight is 337 g/mol. The molecule has 1 aromatic rings. The number of carbonyl (C=O) groups is 2. The third-order valence-electron chi connectivity index (χ3n) is 4.17. The molecule has 0 bridgehead atoms. The first-order valence-corrected chi connectivity index (χ1v) is 9.35. The smallest absolute Gasteiger partial charge is 0.315 e. The fraction of sp³-hybridized carbons (Fsp3) is 0.467. The van der Waals surface area contributed by atoms with Gasteiger partial charge in [0.25, 0.3) is 0 Å². The molecule has 0 spiro atoms. The number of rotatable bonds is 3. The van der Waals surface area contributed by atoms with E-state index < -0.39 is 9.84 Å². The Morgan fingerprint density at radius 1 is 1.39 bits per heavy atom. The number of carbonyl (C=O) groups excluding carboxylic acids is 2. The maximum absolute atomic E-state index is 12.0. The lowest BCUT2D eigenvalue weighted by Gasteiger charge is -2.18. The summed E-state index contributed by atoms with van der Waals surface area (Å²) in [7, 11) is -3.02. The van der Waals surface area contributed by atoms with E-state index in [1.807, 2.05) is 25.1 Å². The van der Waals surface area contributed by atoms with Gasteiger partial charge in [0.05, 0.1) is 24.0 Å². The number of anilines is 1. The molecule has 1 aromatic carbocycles. The summed E-state index contributed by atoms with van der Waals surface area (Å²) in [6, 6.07) is 4.64. The van der Waals surface area contributed by atoms with Crippen molar-refractivity contribution >= 4 is 27.5 Å². The highest BCUT2D eigenvalue weighted by Gasteiger charge is 2.29. The van der Waals surface area contributed by atoms with E-state index in [0.717, 1.165) is 16.8 Å². The largest absolute Gasteiger partial charge is 0.334 e. The highest BCUT2D eigenvalue weighted by Crippen LogP contribution is 2.26. The molecule has 8 heteroatoms. The molecule has 2 aliphatic heterocycles. The van der Waals surface area contributed by atoms with Gasteiger partial charge in [0, 0.05) is 11.7 Å². The normalized spacial score (nSPS) is 23.0. The van der Waals surface area contributed by atoms with E-state index in [9.17, 15) is 18.0 Å². The number of hydrogen-bond acceptors (Lipinski definition) is 4. The van der Waals surface area contributed by atoms with Gasteiger partial charge >= 0.3 is 6.03 Å². The van der Waals surface area contributed by atoms with Crippen LogP contribution in [0.3, 0.4) is 0 Å². The van der Waals surface area contributed by atoms with Crippen LogP contribution in [0.1, 0.15) is 30.5 Å². The zero-order chi connectivity index (χ0) is 16.6. The van der Waals surface area contributed by atoms with Crippen LogP contribution >= 0.6 is 0 Å². The van der Waals surface area contributed by atoms with Crippen molar-refractivity contribution in [1.29, 1.82) is 0 Å². The van der Waals surface area contributed by atoms with Crippen molar-refractivity contribution in [2.75, 3.05) is 16.8 Å². The average Bonchev–Trinajstić information content (AvgIpc) is 2.98. The molecule has 1 saturated heterocycles. The standard InChI is InChI=1S/C15H19N3O4S/c1-9(10-2-3-13-11(6-10)7-14(19)18-13)16-15(20)17-12-4-5-23(21,22)8-12/h2-3,6,9,12H,4-5,7-8H2,1H3,(H,18,19)(H2,16,17,20)/t9-,12-/m1/s1. The van der Waals surface area contributed by atoms with Crippen LogP contribution in [-0.2, 0) is 21.1 Å². The first-order chi connectivity index (χ1) is 10.8. The number of urea groups is 1. The van der Waals surface area contributed by atoms with Crippen LogP contribution in [0, 0.1) is 0 Å². The fourth-order valence-corrected chi connectivity index (χ4v) is 4.61. The van der Waals surface area contributed by atoms with Crippen LogP contribution < -0.4 is 16.0 Å². The van der Waals surface area contributed by atoms with Gasteiger partial charge in [-0.25, -0.2) is 13.2 Å². The Labute approximate surface area is 134 Å². The van der Waals surface area contributed by atoms with E-state index in [1.165, 1.54) is 0 Å². The predicted molar refractivity (Wildman–Crippen MR) is 85.9 cm³/mol. The summed E-state index contributed by atoms with van der Waals surface area (Å²) in [5, 5.41) is 8.27. The van der Waals surface area contributed by atoms with Crippen LogP contribution in [0.15, 0.2) is 18.2 Å². The van der Waals surface area contributed by atoms with Crippen molar-refractivity contribution in [3.05, 3.63) is 29.3 Å². The highest BCUT2D eigenvalue weighted by atomic mass is 32.2. The molecular weight excluding hydrogens is 318 g/mol. The molecule has 2 aliphatic rings. The van der Waals surface area contributed by atoms with Crippen LogP contribution in [0.25, 0.3) is 0 Å². The number of hydrogen-bond donors (Lipinski definition) is 3. The Hall–Kier alpha value is -2.09. The van der Waals surface area contributed by atoms with E-state index in [0.29, 0.717) is 12.8 Å². The van der Waals surface area contributed by atoms with Crippen molar-refractivity contribution in [3.8, 4) is 0 Å². The number of sulfone groups is 1. The maximum atomic E-state index is 12.0. The lowest BCUT2D eigenvalue weighted by Crippen LogP contribution is -2.43. The molecule has 0 aliphatic carbocycles. The van der Waals surface area contributed by atoms with E-state index in [2.05, 4.69) is 16.0 Å². The van der Waals surface area contributed by atoms with E-state index in [-0.39, 0.29) is 35.5 Å². The first kappa shape index (κ1) is 15.8. The van der Waals surface area contributed by atoms with Gasteiger partial charge in [-0.15, -0.1) is 0 Å². The summed E-state index contributed by atoms with van der Waals surface area (Å²) in [6.45, 7) is 1.84. The van der Waals surface area contributed by atoms with Crippen LogP contribution in [0.5, 0.6) is 0 Å². The Morgan fingerprint density at radius 3 is 2.87 bits per heavy atom. The molecule has 2 atom stereocenters. The van der Waals surface area contributed by atoms with Gasteiger partial charge in [-0.1, -0.05) is 12.1 Å². The predicted octanol–water partition coefficient (Wildman–Crippen LogP) is 0.728. The van der Waals surface area contributed by atoms with E-state index >= 15 is 0 Å². The zero-order valence-corrected chi connectivity index (χ0v) is 13.6. The van der Waals surface area contributed by atoms with Crippen molar-refractivity contribution in [2.45, 2.75) is 31.8 Å². The summed E-state index contributed by atoms with van der Waals surface area (Å²) in [5.41, 5.74) is 2.63. The summed E-state index contributed by atoms with van der Waals surface area (Å²) in [6.07, 6.45) is 0.804. The van der Waals surface area contributed by atoms with Crippen molar-refractivity contribution in [3.63, 3.8) is 0 Å². The quantitative estimate of drug-likeness (QED) is 0.756. The topological polar surface area (TPSA) is 104 Å². The van der Waals surface area contributed by atoms with Gasteiger partial charge in [-0.2, -0.15) is 0 Å². The number of nitrogens with one attached hydrogen (secondary N) is 3. The summed E-state index contributed by atoms with van der Waals surface area (Å²) in [4.78, 5) is 23.4. The second-order valence-corrected chi connectivity index (χ2v) is 8.31. The molecule has 0 aromatic heterocycles. The molecule has 23 heavy (non-hydrogen) atoms. The van der Waals surface area contributed by atoms with Gasteiger partial charge < -0.3 is 16.0 Å². The lowest BCUT2D eigenvalue weighted by molar-refractivity contribution is -0.115. The molecule has 2 heterocycles. The molecule has 3 rings (SSSR count). The molecule has 3 N–H and O–H groups in total. The lowest BCUT2D eigenvalue weighted by atomic mass is 10.0. The third kappa shape index (κ3) is 3.64.